The summed E-state index contributed by atoms with van der Waals surface area (Å²) in [6.45, 7) is 6.39. The Labute approximate surface area is 147 Å². The fourth-order valence-electron chi connectivity index (χ4n) is 3.37. The molecule has 1 aliphatic heterocycles. The Morgan fingerprint density at radius 1 is 1.12 bits per heavy atom. The quantitative estimate of drug-likeness (QED) is 0.887. The maximum absolute atomic E-state index is 6.34. The van der Waals surface area contributed by atoms with E-state index in [1.165, 1.54) is 15.5 Å². The second-order valence-corrected chi connectivity index (χ2v) is 7.11. The Morgan fingerprint density at radius 3 is 2.71 bits per heavy atom. The maximum Gasteiger partial charge on any atom is 0.0850 e. The van der Waals surface area contributed by atoms with Gasteiger partial charge in [0.05, 0.1) is 17.4 Å². The number of anilines is 1. The normalized spacial score (nSPS) is 18.0. The number of nitrogens with two attached hydrogens (primary N) is 1. The molecule has 122 valence electrons. The molecular weight excluding hydrogens is 314 g/mol. The van der Waals surface area contributed by atoms with E-state index in [1.807, 2.05) is 6.07 Å². The summed E-state index contributed by atoms with van der Waals surface area (Å²) in [4.78, 5) is 9.69. The van der Waals surface area contributed by atoms with E-state index in [0.717, 1.165) is 35.6 Å². The number of hydrogen-bond donors (Lipinski definition) is 1. The highest BCUT2D eigenvalue weighted by Crippen LogP contribution is 2.46. The Kier molecular flexibility index (Phi) is 3.94. The van der Waals surface area contributed by atoms with Gasteiger partial charge in [0.1, 0.15) is 0 Å². The van der Waals surface area contributed by atoms with E-state index in [-0.39, 0.29) is 6.04 Å². The first-order valence-corrected chi connectivity index (χ1v) is 9.25. The fraction of sp³-hybridized carbons (Fsp3) is 0.250. The van der Waals surface area contributed by atoms with Crippen molar-refractivity contribution in [1.82, 2.24) is 0 Å². The van der Waals surface area contributed by atoms with Crippen molar-refractivity contribution in [3.63, 3.8) is 0 Å². The molecule has 1 unspecified atom stereocenters. The highest BCUT2D eigenvalue weighted by molar-refractivity contribution is 8.04. The third-order valence-corrected chi connectivity index (χ3v) is 5.76. The predicted octanol–water partition coefficient (Wildman–Crippen LogP) is 4.66. The molecule has 0 saturated carbocycles. The Hall–Kier alpha value is -2.04. The van der Waals surface area contributed by atoms with Crippen molar-refractivity contribution in [2.24, 2.45) is 10.7 Å². The Balaban J connectivity index is 1.81. The van der Waals surface area contributed by atoms with E-state index in [0.29, 0.717) is 0 Å². The largest absolute Gasteiger partial charge is 0.372 e. The van der Waals surface area contributed by atoms with Crippen molar-refractivity contribution in [1.29, 1.82) is 0 Å². The van der Waals surface area contributed by atoms with Crippen molar-refractivity contribution in [2.45, 2.75) is 24.8 Å². The molecule has 2 aliphatic rings. The first kappa shape index (κ1) is 15.5. The molecule has 0 fully saturated rings. The molecular formula is C20H21N3S. The average molecular weight is 335 g/mol. The zero-order chi connectivity index (χ0) is 16.7. The zero-order valence-corrected chi connectivity index (χ0v) is 14.8. The predicted molar refractivity (Wildman–Crippen MR) is 104 cm³/mol. The van der Waals surface area contributed by atoms with Gasteiger partial charge in [0, 0.05) is 34.1 Å². The van der Waals surface area contributed by atoms with Gasteiger partial charge in [-0.2, -0.15) is 0 Å². The monoisotopic (exact) mass is 335 g/mol. The Bertz CT molecular complexity index is 850. The Morgan fingerprint density at radius 2 is 1.92 bits per heavy atom. The van der Waals surface area contributed by atoms with E-state index < -0.39 is 0 Å². The van der Waals surface area contributed by atoms with E-state index >= 15 is 0 Å². The summed E-state index contributed by atoms with van der Waals surface area (Å²) < 4.78 is 0. The van der Waals surface area contributed by atoms with Crippen LogP contribution in [0.3, 0.4) is 0 Å². The van der Waals surface area contributed by atoms with E-state index in [2.05, 4.69) is 61.2 Å². The summed E-state index contributed by atoms with van der Waals surface area (Å²) in [7, 11) is 0. The molecule has 2 aromatic carbocycles. The number of aliphatic imine (C=N–C) groups is 1. The summed E-state index contributed by atoms with van der Waals surface area (Å²) in [6, 6.07) is 14.8. The lowest BCUT2D eigenvalue weighted by atomic mass is 9.91. The van der Waals surface area contributed by atoms with Crippen LogP contribution in [0.25, 0.3) is 0 Å². The van der Waals surface area contributed by atoms with E-state index in [4.69, 9.17) is 10.7 Å². The van der Waals surface area contributed by atoms with Crippen molar-refractivity contribution in [2.75, 3.05) is 18.0 Å². The highest BCUT2D eigenvalue weighted by atomic mass is 32.2. The molecule has 0 amide bonds. The van der Waals surface area contributed by atoms with Crippen LogP contribution in [0, 0.1) is 0 Å². The van der Waals surface area contributed by atoms with Gasteiger partial charge < -0.3 is 10.6 Å². The number of allylic oxidation sites excluding steroid dienone is 1. The SMILES string of the molecule is CCN(CC)c1ccc2c(c1)SC1=CC(N)c3ccccc3C1=N2. The topological polar surface area (TPSA) is 41.6 Å². The van der Waals surface area contributed by atoms with Crippen LogP contribution in [0.1, 0.15) is 31.0 Å². The van der Waals surface area contributed by atoms with Gasteiger partial charge in [0.2, 0.25) is 0 Å². The minimum atomic E-state index is -0.0600. The molecule has 3 nitrogen and oxygen atoms in total. The number of benzene rings is 2. The molecule has 1 atom stereocenters. The smallest absolute Gasteiger partial charge is 0.0850 e. The van der Waals surface area contributed by atoms with Crippen molar-refractivity contribution in [3.05, 3.63) is 64.6 Å². The van der Waals surface area contributed by atoms with Crippen LogP contribution in [0.15, 0.2) is 63.3 Å². The lowest BCUT2D eigenvalue weighted by Gasteiger charge is -2.28. The standard InChI is InChI=1S/C20H21N3S/c1-3-23(4-2)13-9-10-17-18(11-13)24-19-12-16(21)14-7-5-6-8-15(14)20(19)22-17/h5-12,16H,3-4,21H2,1-2H3. The molecule has 4 heteroatoms. The van der Waals surface area contributed by atoms with Crippen LogP contribution in [0.4, 0.5) is 11.4 Å². The first-order chi connectivity index (χ1) is 11.7. The molecule has 4 rings (SSSR count). The van der Waals surface area contributed by atoms with Crippen LogP contribution in [-0.4, -0.2) is 18.8 Å². The van der Waals surface area contributed by atoms with Crippen LogP contribution in [-0.2, 0) is 0 Å². The molecule has 24 heavy (non-hydrogen) atoms. The third kappa shape index (κ3) is 2.46. The van der Waals surface area contributed by atoms with Gasteiger partial charge in [-0.15, -0.1) is 0 Å². The summed E-state index contributed by atoms with van der Waals surface area (Å²) in [5.74, 6) is 0. The van der Waals surface area contributed by atoms with Gasteiger partial charge in [0.15, 0.2) is 0 Å². The molecule has 2 aromatic rings. The van der Waals surface area contributed by atoms with E-state index in [1.54, 1.807) is 11.8 Å². The highest BCUT2D eigenvalue weighted by Gasteiger charge is 2.27. The number of nitrogens with zero attached hydrogens (tertiary/aromatic N) is 2. The summed E-state index contributed by atoms with van der Waals surface area (Å²) >= 11 is 1.78. The second kappa shape index (κ2) is 6.11. The van der Waals surface area contributed by atoms with Gasteiger partial charge in [-0.3, -0.25) is 0 Å². The molecule has 2 N–H and O–H groups in total. The third-order valence-electron chi connectivity index (χ3n) is 4.66. The zero-order valence-electron chi connectivity index (χ0n) is 14.0. The van der Waals surface area contributed by atoms with Crippen molar-refractivity contribution in [3.8, 4) is 0 Å². The number of rotatable bonds is 3. The molecule has 0 bridgehead atoms. The molecule has 0 radical (unpaired) electrons. The lowest BCUT2D eigenvalue weighted by molar-refractivity contribution is 0.864. The summed E-state index contributed by atoms with van der Waals surface area (Å²) in [5, 5.41) is 0. The van der Waals surface area contributed by atoms with Gasteiger partial charge in [-0.1, -0.05) is 36.0 Å². The molecule has 1 heterocycles. The summed E-state index contributed by atoms with van der Waals surface area (Å²) in [5.41, 5.74) is 12.0. The molecule has 0 saturated heterocycles. The van der Waals surface area contributed by atoms with Crippen LogP contribution >= 0.6 is 11.8 Å². The number of hydrogen-bond acceptors (Lipinski definition) is 4. The van der Waals surface area contributed by atoms with E-state index in [9.17, 15) is 0 Å². The van der Waals surface area contributed by atoms with Gasteiger partial charge >= 0.3 is 0 Å². The summed E-state index contributed by atoms with van der Waals surface area (Å²) in [6.07, 6.45) is 2.14. The second-order valence-electron chi connectivity index (χ2n) is 6.03. The van der Waals surface area contributed by atoms with Crippen LogP contribution < -0.4 is 10.6 Å². The van der Waals surface area contributed by atoms with Gasteiger partial charge in [0.25, 0.3) is 0 Å². The number of thioether (sulfide) groups is 1. The fourth-order valence-corrected chi connectivity index (χ4v) is 4.47. The molecule has 0 spiro atoms. The van der Waals surface area contributed by atoms with Crippen LogP contribution in [0.5, 0.6) is 0 Å². The minimum Gasteiger partial charge on any atom is -0.372 e. The molecule has 1 aliphatic carbocycles. The van der Waals surface area contributed by atoms with Gasteiger partial charge in [-0.25, -0.2) is 4.99 Å². The molecule has 0 aromatic heterocycles. The van der Waals surface area contributed by atoms with Crippen molar-refractivity contribution < 1.29 is 0 Å². The minimum absolute atomic E-state index is 0.0600. The lowest BCUT2D eigenvalue weighted by Crippen LogP contribution is -2.22. The number of fused-ring (bicyclic) bond motifs is 4. The first-order valence-electron chi connectivity index (χ1n) is 8.44. The van der Waals surface area contributed by atoms with Crippen molar-refractivity contribution >= 4 is 28.8 Å². The average Bonchev–Trinajstić information content (AvgIpc) is 2.62. The maximum atomic E-state index is 6.34. The van der Waals surface area contributed by atoms with Crippen LogP contribution in [0.2, 0.25) is 0 Å². The van der Waals surface area contributed by atoms with Gasteiger partial charge in [-0.05, 0) is 43.7 Å².